The number of amides is 1. The maximum Gasteiger partial charge on any atom is 0.239 e. The van der Waals surface area contributed by atoms with E-state index in [0.717, 1.165) is 16.6 Å². The second kappa shape index (κ2) is 7.76. The second-order valence-corrected chi connectivity index (χ2v) is 7.07. The number of allylic oxidation sites excluding steroid dienone is 2. The smallest absolute Gasteiger partial charge is 0.239 e. The maximum absolute atomic E-state index is 11.9. The molecule has 1 atom stereocenters. The van der Waals surface area contributed by atoms with Gasteiger partial charge in [0.2, 0.25) is 11.9 Å². The van der Waals surface area contributed by atoms with Crippen molar-refractivity contribution in [3.63, 3.8) is 0 Å². The van der Waals surface area contributed by atoms with Crippen LogP contribution in [0.5, 0.6) is 0 Å². The number of fused-ring (bicyclic) bond motifs is 1. The summed E-state index contributed by atoms with van der Waals surface area (Å²) < 4.78 is 0. The highest BCUT2D eigenvalue weighted by Gasteiger charge is 2.20. The van der Waals surface area contributed by atoms with E-state index in [1.165, 1.54) is 4.90 Å². The van der Waals surface area contributed by atoms with Gasteiger partial charge in [-0.15, -0.1) is 10.2 Å². The summed E-state index contributed by atoms with van der Waals surface area (Å²) in [6, 6.07) is 5.83. The summed E-state index contributed by atoms with van der Waals surface area (Å²) in [5.74, 6) is 0.838. The Morgan fingerprint density at radius 1 is 1.34 bits per heavy atom. The molecule has 1 aliphatic rings. The number of hydrogen-bond acceptors (Lipinski definition) is 7. The van der Waals surface area contributed by atoms with Crippen molar-refractivity contribution in [1.82, 2.24) is 35.6 Å². The number of nitrogens with one attached hydrogen (secondary N) is 4. The van der Waals surface area contributed by atoms with E-state index in [-0.39, 0.29) is 18.5 Å². The molecule has 1 aromatic carbocycles. The summed E-state index contributed by atoms with van der Waals surface area (Å²) in [7, 11) is 0. The molecule has 29 heavy (non-hydrogen) atoms. The highest BCUT2D eigenvalue weighted by molar-refractivity contribution is 5.82. The average Bonchev–Trinajstić information content (AvgIpc) is 3.32. The summed E-state index contributed by atoms with van der Waals surface area (Å²) >= 11 is 0. The number of aromatic nitrogens is 5. The third-order valence-corrected chi connectivity index (χ3v) is 4.35. The zero-order valence-corrected chi connectivity index (χ0v) is 16.0. The normalized spacial score (nSPS) is 16.3. The zero-order chi connectivity index (χ0) is 20.4. The average molecular weight is 394 g/mol. The lowest BCUT2D eigenvalue weighted by Gasteiger charge is -2.27. The summed E-state index contributed by atoms with van der Waals surface area (Å²) in [5, 5.41) is 32.4. The van der Waals surface area contributed by atoms with Crippen LogP contribution in [0.15, 0.2) is 42.7 Å². The van der Waals surface area contributed by atoms with Crippen LogP contribution in [0.2, 0.25) is 0 Å². The van der Waals surface area contributed by atoms with Crippen molar-refractivity contribution in [2.75, 3.05) is 11.9 Å². The van der Waals surface area contributed by atoms with Gasteiger partial charge in [0, 0.05) is 28.9 Å². The minimum atomic E-state index is -0.932. The SMILES string of the molecule is CC(C)NC(=O)CN1C=CC(c2nnc(Nc3ccc4[nH]ncc4c3)[nH]2)=CC1O. The molecule has 150 valence electrons. The van der Waals surface area contributed by atoms with Crippen molar-refractivity contribution in [3.8, 4) is 0 Å². The highest BCUT2D eigenvalue weighted by atomic mass is 16.3. The molecule has 0 radical (unpaired) electrons. The Labute approximate surface area is 166 Å². The van der Waals surface area contributed by atoms with E-state index < -0.39 is 6.23 Å². The number of benzene rings is 1. The van der Waals surface area contributed by atoms with Crippen LogP contribution >= 0.6 is 0 Å². The first-order valence-corrected chi connectivity index (χ1v) is 9.24. The third-order valence-electron chi connectivity index (χ3n) is 4.35. The van der Waals surface area contributed by atoms with Crippen LogP contribution in [-0.2, 0) is 4.79 Å². The van der Waals surface area contributed by atoms with Gasteiger partial charge in [-0.1, -0.05) is 0 Å². The lowest BCUT2D eigenvalue weighted by atomic mass is 10.1. The third kappa shape index (κ3) is 4.27. The quantitative estimate of drug-likeness (QED) is 0.427. The van der Waals surface area contributed by atoms with E-state index in [2.05, 4.69) is 36.0 Å². The number of carbonyl (C=O) groups excluding carboxylic acids is 1. The van der Waals surface area contributed by atoms with Gasteiger partial charge >= 0.3 is 0 Å². The Balaban J connectivity index is 1.42. The second-order valence-electron chi connectivity index (χ2n) is 7.07. The van der Waals surface area contributed by atoms with E-state index in [1.54, 1.807) is 24.5 Å². The number of nitrogens with zero attached hydrogens (tertiary/aromatic N) is 4. The molecule has 2 aromatic heterocycles. The molecule has 10 heteroatoms. The van der Waals surface area contributed by atoms with E-state index in [9.17, 15) is 9.90 Å². The fraction of sp³-hybridized carbons (Fsp3) is 0.263. The summed E-state index contributed by atoms with van der Waals surface area (Å²) in [6.07, 6.45) is 5.88. The molecule has 0 spiro atoms. The molecule has 0 saturated carbocycles. The molecule has 10 nitrogen and oxygen atoms in total. The minimum absolute atomic E-state index is 0.0499. The van der Waals surface area contributed by atoms with Crippen LogP contribution in [0.25, 0.3) is 16.5 Å². The molecule has 1 amide bonds. The van der Waals surface area contributed by atoms with Gasteiger partial charge in [0.15, 0.2) is 5.82 Å². The van der Waals surface area contributed by atoms with E-state index >= 15 is 0 Å². The minimum Gasteiger partial charge on any atom is -0.370 e. The first kappa shape index (κ1) is 18.7. The van der Waals surface area contributed by atoms with Crippen molar-refractivity contribution < 1.29 is 9.90 Å². The van der Waals surface area contributed by atoms with Gasteiger partial charge in [-0.2, -0.15) is 5.10 Å². The van der Waals surface area contributed by atoms with E-state index in [0.29, 0.717) is 17.3 Å². The van der Waals surface area contributed by atoms with Crippen molar-refractivity contribution in [3.05, 3.63) is 48.6 Å². The van der Waals surface area contributed by atoms with Crippen LogP contribution in [0.4, 0.5) is 11.6 Å². The van der Waals surface area contributed by atoms with Crippen LogP contribution < -0.4 is 10.6 Å². The number of H-pyrrole nitrogens is 2. The van der Waals surface area contributed by atoms with E-state index in [4.69, 9.17) is 0 Å². The van der Waals surface area contributed by atoms with Crippen molar-refractivity contribution in [2.24, 2.45) is 0 Å². The van der Waals surface area contributed by atoms with Gasteiger partial charge in [0.1, 0.15) is 6.23 Å². The van der Waals surface area contributed by atoms with Gasteiger partial charge in [-0.05, 0) is 44.2 Å². The van der Waals surface area contributed by atoms with Crippen LogP contribution in [-0.4, -0.2) is 60.1 Å². The summed E-state index contributed by atoms with van der Waals surface area (Å²) in [6.45, 7) is 3.85. The molecule has 4 rings (SSSR count). The van der Waals surface area contributed by atoms with Gasteiger partial charge in [0.25, 0.3) is 0 Å². The zero-order valence-electron chi connectivity index (χ0n) is 16.0. The summed E-state index contributed by atoms with van der Waals surface area (Å²) in [4.78, 5) is 16.5. The predicted octanol–water partition coefficient (Wildman–Crippen LogP) is 1.48. The molecule has 3 aromatic rings. The van der Waals surface area contributed by atoms with Gasteiger partial charge in [-0.25, -0.2) is 0 Å². The lowest BCUT2D eigenvalue weighted by Crippen LogP contribution is -2.42. The fourth-order valence-corrected chi connectivity index (χ4v) is 3.02. The number of hydrogen-bond donors (Lipinski definition) is 5. The number of aliphatic hydroxyl groups excluding tert-OH is 1. The lowest BCUT2D eigenvalue weighted by molar-refractivity contribution is -0.123. The number of anilines is 2. The van der Waals surface area contributed by atoms with Crippen LogP contribution in [0.3, 0.4) is 0 Å². The predicted molar refractivity (Wildman–Crippen MR) is 109 cm³/mol. The number of aromatic amines is 2. The Morgan fingerprint density at radius 2 is 2.21 bits per heavy atom. The van der Waals surface area contributed by atoms with Gasteiger partial charge in [0.05, 0.1) is 18.3 Å². The summed E-state index contributed by atoms with van der Waals surface area (Å²) in [5.41, 5.74) is 2.48. The van der Waals surface area contributed by atoms with Gasteiger partial charge in [-0.3, -0.25) is 9.89 Å². The van der Waals surface area contributed by atoms with Crippen LogP contribution in [0.1, 0.15) is 19.7 Å². The molecule has 5 N–H and O–H groups in total. The number of aliphatic hydroxyl groups is 1. The first-order valence-electron chi connectivity index (χ1n) is 9.24. The largest absolute Gasteiger partial charge is 0.370 e. The fourth-order valence-electron chi connectivity index (χ4n) is 3.02. The Morgan fingerprint density at radius 3 is 3.00 bits per heavy atom. The first-order chi connectivity index (χ1) is 14.0. The molecular weight excluding hydrogens is 372 g/mol. The van der Waals surface area contributed by atoms with Crippen molar-refractivity contribution in [2.45, 2.75) is 26.1 Å². The topological polar surface area (TPSA) is 135 Å². The monoisotopic (exact) mass is 394 g/mol. The number of rotatable bonds is 6. The van der Waals surface area contributed by atoms with Crippen LogP contribution in [0, 0.1) is 0 Å². The molecule has 0 fully saturated rings. The van der Waals surface area contributed by atoms with Crippen molar-refractivity contribution >= 4 is 34.0 Å². The van der Waals surface area contributed by atoms with Gasteiger partial charge < -0.3 is 25.6 Å². The Hall–Kier alpha value is -3.66. The Bertz CT molecular complexity index is 1080. The maximum atomic E-state index is 11.9. The standard InChI is InChI=1S/C19H22N8O2/c1-11(2)21-16(28)10-27-6-5-12(8-17(27)29)18-23-19(26-25-18)22-14-3-4-15-13(7-14)9-20-24-15/h3-9,11,17,29H,10H2,1-2H3,(H,20,24)(H,21,28)(H2,22,23,25,26). The van der Waals surface area contributed by atoms with E-state index in [1.807, 2.05) is 32.0 Å². The molecule has 1 unspecified atom stereocenters. The highest BCUT2D eigenvalue weighted by Crippen LogP contribution is 2.22. The Kier molecular flexibility index (Phi) is 5.00. The number of carbonyl (C=O) groups is 1. The van der Waals surface area contributed by atoms with Crippen molar-refractivity contribution in [1.29, 1.82) is 0 Å². The molecule has 0 aliphatic carbocycles. The molecular formula is C19H22N8O2. The molecule has 0 saturated heterocycles. The molecule has 1 aliphatic heterocycles. The molecule has 0 bridgehead atoms. The molecule has 3 heterocycles.